The second-order valence-corrected chi connectivity index (χ2v) is 10.4. The standard InChI is InChI=1S/C31H28N4O3S/c1-3-38-31(37)27-25-11-7-8-12-26(25)39-30(27)33-29(36)22(18-32)17-23-19-35(24-9-5-4-6-10-24)34-28(23)21-15-13-20(2)14-16-21/h4-6,9-10,13-17,19H,3,7-8,11-12H2,1-2H3,(H,33,36). The van der Waals surface area contributed by atoms with Gasteiger partial charge in [-0.3, -0.25) is 4.79 Å². The number of nitriles is 1. The van der Waals surface area contributed by atoms with E-state index in [1.165, 1.54) is 11.3 Å². The third-order valence-corrected chi connectivity index (χ3v) is 7.84. The smallest absolute Gasteiger partial charge is 0.341 e. The van der Waals surface area contributed by atoms with Crippen LogP contribution in [0.2, 0.25) is 0 Å². The molecule has 1 aliphatic rings. The molecule has 0 aliphatic heterocycles. The van der Waals surface area contributed by atoms with Gasteiger partial charge in [0.15, 0.2) is 0 Å². The summed E-state index contributed by atoms with van der Waals surface area (Å²) in [6.07, 6.45) is 7.02. The van der Waals surface area contributed by atoms with Gasteiger partial charge in [-0.1, -0.05) is 48.0 Å². The number of benzene rings is 2. The number of hydrogen-bond donors (Lipinski definition) is 1. The highest BCUT2D eigenvalue weighted by Crippen LogP contribution is 2.39. The zero-order chi connectivity index (χ0) is 27.4. The first-order valence-corrected chi connectivity index (χ1v) is 13.8. The largest absolute Gasteiger partial charge is 0.462 e. The van der Waals surface area contributed by atoms with Crippen LogP contribution in [0.15, 0.2) is 66.4 Å². The highest BCUT2D eigenvalue weighted by atomic mass is 32.1. The topological polar surface area (TPSA) is 97.0 Å². The molecule has 0 bridgehead atoms. The fraction of sp³-hybridized carbons (Fsp3) is 0.226. The number of esters is 1. The van der Waals surface area contributed by atoms with Crippen LogP contribution in [0.25, 0.3) is 23.0 Å². The minimum atomic E-state index is -0.580. The second kappa shape index (κ2) is 11.5. The lowest BCUT2D eigenvalue weighted by Crippen LogP contribution is -2.16. The van der Waals surface area contributed by atoms with Crippen LogP contribution in [-0.4, -0.2) is 28.3 Å². The summed E-state index contributed by atoms with van der Waals surface area (Å²) in [5.74, 6) is -1.02. The molecule has 0 spiro atoms. The minimum Gasteiger partial charge on any atom is -0.462 e. The normalized spacial score (nSPS) is 12.9. The summed E-state index contributed by atoms with van der Waals surface area (Å²) in [5.41, 5.74) is 5.41. The van der Waals surface area contributed by atoms with Crippen LogP contribution in [0.4, 0.5) is 5.00 Å². The fourth-order valence-corrected chi connectivity index (χ4v) is 5.96. The highest BCUT2D eigenvalue weighted by Gasteiger charge is 2.28. The Balaban J connectivity index is 1.52. The summed E-state index contributed by atoms with van der Waals surface area (Å²) in [6, 6.07) is 19.6. The molecule has 2 heterocycles. The van der Waals surface area contributed by atoms with Gasteiger partial charge in [-0.2, -0.15) is 10.4 Å². The molecule has 0 saturated carbocycles. The molecule has 0 fully saturated rings. The monoisotopic (exact) mass is 536 g/mol. The first-order valence-electron chi connectivity index (χ1n) is 13.0. The van der Waals surface area contributed by atoms with Crippen LogP contribution in [0.5, 0.6) is 0 Å². The van der Waals surface area contributed by atoms with Crippen molar-refractivity contribution in [3.8, 4) is 23.0 Å². The summed E-state index contributed by atoms with van der Waals surface area (Å²) >= 11 is 1.40. The molecular formula is C31H28N4O3S. The number of fused-ring (bicyclic) bond motifs is 1. The van der Waals surface area contributed by atoms with Crippen molar-refractivity contribution in [2.45, 2.75) is 39.5 Å². The maximum absolute atomic E-state index is 13.4. The number of aryl methyl sites for hydroxylation is 2. The zero-order valence-corrected chi connectivity index (χ0v) is 22.7. The molecule has 2 aromatic carbocycles. The van der Waals surface area contributed by atoms with E-state index in [4.69, 9.17) is 9.84 Å². The SMILES string of the molecule is CCOC(=O)c1c(NC(=O)C(C#N)=Cc2cn(-c3ccccc3)nc2-c2ccc(C)cc2)sc2c1CCCC2. The quantitative estimate of drug-likeness (QED) is 0.165. The Labute approximate surface area is 231 Å². The molecule has 39 heavy (non-hydrogen) atoms. The summed E-state index contributed by atoms with van der Waals surface area (Å²) in [7, 11) is 0. The number of para-hydroxylation sites is 1. The Morgan fingerprint density at radius 3 is 2.59 bits per heavy atom. The third-order valence-electron chi connectivity index (χ3n) is 6.63. The molecule has 0 saturated heterocycles. The number of ether oxygens (including phenoxy) is 1. The van der Waals surface area contributed by atoms with E-state index in [0.29, 0.717) is 21.8 Å². The van der Waals surface area contributed by atoms with Gasteiger partial charge >= 0.3 is 5.97 Å². The van der Waals surface area contributed by atoms with E-state index >= 15 is 0 Å². The van der Waals surface area contributed by atoms with E-state index < -0.39 is 11.9 Å². The number of nitrogens with zero attached hydrogens (tertiary/aromatic N) is 3. The lowest BCUT2D eigenvalue weighted by Gasteiger charge is -2.12. The van der Waals surface area contributed by atoms with Gasteiger partial charge < -0.3 is 10.1 Å². The molecule has 1 N–H and O–H groups in total. The number of aromatic nitrogens is 2. The number of carbonyl (C=O) groups is 2. The van der Waals surface area contributed by atoms with Crippen LogP contribution in [-0.2, 0) is 22.4 Å². The van der Waals surface area contributed by atoms with Crippen molar-refractivity contribution in [2.24, 2.45) is 0 Å². The molecule has 4 aromatic rings. The van der Waals surface area contributed by atoms with E-state index in [-0.39, 0.29) is 12.2 Å². The van der Waals surface area contributed by atoms with Crippen LogP contribution >= 0.6 is 11.3 Å². The average Bonchev–Trinajstić information content (AvgIpc) is 3.54. The number of hydrogen-bond acceptors (Lipinski definition) is 6. The highest BCUT2D eigenvalue weighted by molar-refractivity contribution is 7.17. The molecular weight excluding hydrogens is 508 g/mol. The fourth-order valence-electron chi connectivity index (χ4n) is 4.69. The Morgan fingerprint density at radius 2 is 1.87 bits per heavy atom. The Bertz CT molecular complexity index is 1590. The van der Waals surface area contributed by atoms with Crippen molar-refractivity contribution in [2.75, 3.05) is 11.9 Å². The molecule has 0 unspecified atom stereocenters. The van der Waals surface area contributed by atoms with Crippen LogP contribution < -0.4 is 5.32 Å². The maximum Gasteiger partial charge on any atom is 0.341 e. The van der Waals surface area contributed by atoms with Gasteiger partial charge in [-0.15, -0.1) is 11.3 Å². The van der Waals surface area contributed by atoms with E-state index in [1.54, 1.807) is 17.7 Å². The third kappa shape index (κ3) is 5.54. The van der Waals surface area contributed by atoms with Gasteiger partial charge in [0.2, 0.25) is 0 Å². The predicted octanol–water partition coefficient (Wildman–Crippen LogP) is 6.51. The Morgan fingerprint density at radius 1 is 1.13 bits per heavy atom. The maximum atomic E-state index is 13.4. The summed E-state index contributed by atoms with van der Waals surface area (Å²) in [5, 5.41) is 18.1. The number of amides is 1. The van der Waals surface area contributed by atoms with Crippen molar-refractivity contribution in [3.05, 3.63) is 93.5 Å². The van der Waals surface area contributed by atoms with Gasteiger partial charge in [0.05, 0.1) is 23.6 Å². The molecule has 5 rings (SSSR count). The van der Waals surface area contributed by atoms with Crippen molar-refractivity contribution >= 4 is 34.3 Å². The molecule has 1 aliphatic carbocycles. The minimum absolute atomic E-state index is 0.0860. The van der Waals surface area contributed by atoms with E-state index in [1.807, 2.05) is 73.8 Å². The molecule has 7 nitrogen and oxygen atoms in total. The van der Waals surface area contributed by atoms with Gasteiger partial charge in [0, 0.05) is 22.2 Å². The average molecular weight is 537 g/mol. The first-order chi connectivity index (χ1) is 19.0. The van der Waals surface area contributed by atoms with E-state index in [2.05, 4.69) is 5.32 Å². The zero-order valence-electron chi connectivity index (χ0n) is 21.9. The molecule has 1 amide bonds. The second-order valence-electron chi connectivity index (χ2n) is 9.34. The summed E-state index contributed by atoms with van der Waals surface area (Å²) in [6.45, 7) is 4.01. The molecule has 0 radical (unpaired) electrons. The number of nitrogens with one attached hydrogen (secondary N) is 1. The molecule has 196 valence electrons. The van der Waals surface area contributed by atoms with Crippen molar-refractivity contribution < 1.29 is 14.3 Å². The van der Waals surface area contributed by atoms with Crippen molar-refractivity contribution in [1.82, 2.24) is 9.78 Å². The van der Waals surface area contributed by atoms with Crippen LogP contribution in [0.3, 0.4) is 0 Å². The summed E-state index contributed by atoms with van der Waals surface area (Å²) in [4.78, 5) is 27.3. The van der Waals surface area contributed by atoms with Crippen molar-refractivity contribution in [3.63, 3.8) is 0 Å². The number of thiophene rings is 1. The first kappa shape index (κ1) is 26.1. The van der Waals surface area contributed by atoms with E-state index in [9.17, 15) is 14.9 Å². The van der Waals surface area contributed by atoms with Gasteiger partial charge in [-0.25, -0.2) is 9.48 Å². The molecule has 2 aromatic heterocycles. The van der Waals surface area contributed by atoms with E-state index in [0.717, 1.165) is 52.9 Å². The Hall–Kier alpha value is -4.48. The lowest BCUT2D eigenvalue weighted by atomic mass is 9.95. The lowest BCUT2D eigenvalue weighted by molar-refractivity contribution is -0.112. The number of carbonyl (C=O) groups excluding carboxylic acids is 2. The summed E-state index contributed by atoms with van der Waals surface area (Å²) < 4.78 is 7.04. The number of rotatable bonds is 7. The van der Waals surface area contributed by atoms with Gasteiger partial charge in [0.25, 0.3) is 5.91 Å². The number of anilines is 1. The molecule has 0 atom stereocenters. The van der Waals surface area contributed by atoms with Crippen LogP contribution in [0, 0.1) is 18.3 Å². The predicted molar refractivity (Wildman–Crippen MR) is 153 cm³/mol. The van der Waals surface area contributed by atoms with Crippen molar-refractivity contribution in [1.29, 1.82) is 5.26 Å². The van der Waals surface area contributed by atoms with Gasteiger partial charge in [0.1, 0.15) is 16.6 Å². The molecule has 8 heteroatoms. The Kier molecular flexibility index (Phi) is 7.71. The van der Waals surface area contributed by atoms with Gasteiger partial charge in [-0.05, 0) is 63.3 Å². The van der Waals surface area contributed by atoms with Crippen LogP contribution in [0.1, 0.15) is 51.7 Å².